The molecule has 0 atom stereocenters. The van der Waals surface area contributed by atoms with Gasteiger partial charge in [-0.3, -0.25) is 9.69 Å². The maximum Gasteiger partial charge on any atom is 0.259 e. The number of methoxy groups -OCH3 is 1. The van der Waals surface area contributed by atoms with Gasteiger partial charge in [-0.1, -0.05) is 30.2 Å². The van der Waals surface area contributed by atoms with Gasteiger partial charge in [-0.15, -0.1) is 0 Å². The van der Waals surface area contributed by atoms with E-state index in [1.54, 1.807) is 6.07 Å². The molecule has 26 heavy (non-hydrogen) atoms. The number of nitrogen functional groups attached to an aromatic ring is 1. The number of piperidine rings is 1. The Morgan fingerprint density at radius 1 is 1.23 bits per heavy atom. The minimum absolute atomic E-state index is 0.279. The van der Waals surface area contributed by atoms with Crippen LogP contribution in [0.4, 0.5) is 11.4 Å². The Hall–Kier alpha value is -2.24. The minimum Gasteiger partial charge on any atom is -0.496 e. The molecule has 0 spiro atoms. The highest BCUT2D eigenvalue weighted by atomic mass is 35.5. The summed E-state index contributed by atoms with van der Waals surface area (Å²) in [5, 5.41) is 3.25. The third-order valence-electron chi connectivity index (χ3n) is 4.60. The number of anilines is 2. The van der Waals surface area contributed by atoms with Crippen molar-refractivity contribution in [3.63, 3.8) is 0 Å². The number of carbonyl (C=O) groups is 1. The monoisotopic (exact) mass is 373 g/mol. The average molecular weight is 374 g/mol. The molecule has 0 saturated carbocycles. The smallest absolute Gasteiger partial charge is 0.259 e. The number of carbonyl (C=O) groups excluding carboxylic acids is 1. The van der Waals surface area contributed by atoms with Crippen LogP contribution in [0, 0.1) is 0 Å². The van der Waals surface area contributed by atoms with Gasteiger partial charge in [0, 0.05) is 18.3 Å². The van der Waals surface area contributed by atoms with E-state index in [4.69, 9.17) is 22.1 Å². The lowest BCUT2D eigenvalue weighted by molar-refractivity contribution is 0.102. The molecule has 1 aliphatic rings. The fourth-order valence-corrected chi connectivity index (χ4v) is 3.40. The van der Waals surface area contributed by atoms with Gasteiger partial charge in [-0.05, 0) is 49.7 Å². The van der Waals surface area contributed by atoms with Crippen molar-refractivity contribution in [3.05, 3.63) is 52.5 Å². The summed E-state index contributed by atoms with van der Waals surface area (Å²) in [6, 6.07) is 11.0. The van der Waals surface area contributed by atoms with Crippen molar-refractivity contribution in [2.45, 2.75) is 25.8 Å². The SMILES string of the molecule is COc1cc(N)c(Cl)cc1C(=O)Nc1cccc(CN2CCCCC2)c1. The molecule has 1 aliphatic heterocycles. The van der Waals surface area contributed by atoms with Crippen LogP contribution in [0.15, 0.2) is 36.4 Å². The number of hydrogen-bond acceptors (Lipinski definition) is 4. The van der Waals surface area contributed by atoms with Crippen LogP contribution in [0.3, 0.4) is 0 Å². The molecule has 1 heterocycles. The molecule has 0 unspecified atom stereocenters. The number of halogens is 1. The first kappa shape index (κ1) is 18.5. The van der Waals surface area contributed by atoms with Crippen LogP contribution in [0.2, 0.25) is 5.02 Å². The summed E-state index contributed by atoms with van der Waals surface area (Å²) in [5.74, 6) is 0.118. The van der Waals surface area contributed by atoms with Gasteiger partial charge < -0.3 is 15.8 Å². The first-order valence-electron chi connectivity index (χ1n) is 8.82. The summed E-state index contributed by atoms with van der Waals surface area (Å²) in [6.45, 7) is 3.18. The summed E-state index contributed by atoms with van der Waals surface area (Å²) in [7, 11) is 1.50. The van der Waals surface area contributed by atoms with Crippen molar-refractivity contribution in [1.82, 2.24) is 4.90 Å². The van der Waals surface area contributed by atoms with Crippen molar-refractivity contribution in [2.75, 3.05) is 31.2 Å². The molecule has 0 bridgehead atoms. The molecule has 6 heteroatoms. The van der Waals surface area contributed by atoms with Crippen LogP contribution in [-0.2, 0) is 6.54 Å². The van der Waals surface area contributed by atoms with Gasteiger partial charge in [-0.2, -0.15) is 0 Å². The summed E-state index contributed by atoms with van der Waals surface area (Å²) >= 11 is 6.06. The first-order valence-corrected chi connectivity index (χ1v) is 9.20. The summed E-state index contributed by atoms with van der Waals surface area (Å²) < 4.78 is 5.26. The van der Waals surface area contributed by atoms with Gasteiger partial charge in [0.2, 0.25) is 0 Å². The second-order valence-electron chi connectivity index (χ2n) is 6.57. The van der Waals surface area contributed by atoms with Crippen molar-refractivity contribution in [2.24, 2.45) is 0 Å². The van der Waals surface area contributed by atoms with Gasteiger partial charge in [0.1, 0.15) is 5.75 Å². The zero-order valence-electron chi connectivity index (χ0n) is 14.9. The zero-order chi connectivity index (χ0) is 18.5. The molecule has 1 saturated heterocycles. The van der Waals surface area contributed by atoms with Crippen LogP contribution in [0.5, 0.6) is 5.75 Å². The van der Waals surface area contributed by atoms with E-state index in [2.05, 4.69) is 16.3 Å². The van der Waals surface area contributed by atoms with Gasteiger partial charge in [0.25, 0.3) is 5.91 Å². The van der Waals surface area contributed by atoms with Crippen molar-refractivity contribution in [3.8, 4) is 5.75 Å². The number of nitrogens with one attached hydrogen (secondary N) is 1. The number of rotatable bonds is 5. The predicted molar refractivity (Wildman–Crippen MR) is 106 cm³/mol. The fraction of sp³-hybridized carbons (Fsp3) is 0.350. The van der Waals surface area contributed by atoms with Crippen LogP contribution in [-0.4, -0.2) is 31.0 Å². The third kappa shape index (κ3) is 4.48. The fourth-order valence-electron chi connectivity index (χ4n) is 3.24. The maximum absolute atomic E-state index is 12.7. The number of likely N-dealkylation sites (tertiary alicyclic amines) is 1. The lowest BCUT2D eigenvalue weighted by atomic mass is 10.1. The second kappa shape index (κ2) is 8.43. The Balaban J connectivity index is 1.73. The summed E-state index contributed by atoms with van der Waals surface area (Å²) in [6.07, 6.45) is 3.83. The van der Waals surface area contributed by atoms with E-state index in [0.717, 1.165) is 25.3 Å². The Morgan fingerprint density at radius 2 is 2.00 bits per heavy atom. The molecule has 3 rings (SSSR count). The number of benzene rings is 2. The maximum atomic E-state index is 12.7. The van der Waals surface area contributed by atoms with E-state index in [9.17, 15) is 4.79 Å². The number of ether oxygens (including phenoxy) is 1. The molecular formula is C20H24ClN3O2. The zero-order valence-corrected chi connectivity index (χ0v) is 15.7. The molecule has 5 nitrogen and oxygen atoms in total. The largest absolute Gasteiger partial charge is 0.496 e. The lowest BCUT2D eigenvalue weighted by Gasteiger charge is -2.26. The number of nitrogens with zero attached hydrogens (tertiary/aromatic N) is 1. The molecule has 3 N–H and O–H groups in total. The second-order valence-corrected chi connectivity index (χ2v) is 6.97. The average Bonchev–Trinajstić information content (AvgIpc) is 2.64. The highest BCUT2D eigenvalue weighted by Crippen LogP contribution is 2.29. The lowest BCUT2D eigenvalue weighted by Crippen LogP contribution is -2.29. The molecular weight excluding hydrogens is 350 g/mol. The van der Waals surface area contributed by atoms with E-state index in [0.29, 0.717) is 22.0 Å². The molecule has 2 aromatic rings. The molecule has 138 valence electrons. The minimum atomic E-state index is -0.279. The third-order valence-corrected chi connectivity index (χ3v) is 4.93. The summed E-state index contributed by atoms with van der Waals surface area (Å²) in [4.78, 5) is 15.1. The number of nitrogens with two attached hydrogens (primary N) is 1. The van der Waals surface area contributed by atoms with Crippen LogP contribution >= 0.6 is 11.6 Å². The Bertz CT molecular complexity index is 789. The number of amides is 1. The highest BCUT2D eigenvalue weighted by Gasteiger charge is 2.16. The van der Waals surface area contributed by atoms with Crippen molar-refractivity contribution >= 4 is 28.9 Å². The van der Waals surface area contributed by atoms with Crippen LogP contribution < -0.4 is 15.8 Å². The molecule has 0 aliphatic carbocycles. The number of hydrogen-bond donors (Lipinski definition) is 2. The molecule has 1 amide bonds. The van der Waals surface area contributed by atoms with E-state index in [1.165, 1.54) is 38.0 Å². The Kier molecular flexibility index (Phi) is 6.01. The quantitative estimate of drug-likeness (QED) is 0.772. The van der Waals surface area contributed by atoms with Crippen LogP contribution in [0.25, 0.3) is 0 Å². The normalized spacial score (nSPS) is 14.8. The van der Waals surface area contributed by atoms with E-state index in [1.807, 2.05) is 18.2 Å². The van der Waals surface area contributed by atoms with E-state index < -0.39 is 0 Å². The Labute approximate surface area is 159 Å². The Morgan fingerprint density at radius 3 is 2.73 bits per heavy atom. The van der Waals surface area contributed by atoms with Gasteiger partial charge in [-0.25, -0.2) is 0 Å². The van der Waals surface area contributed by atoms with E-state index >= 15 is 0 Å². The highest BCUT2D eigenvalue weighted by molar-refractivity contribution is 6.33. The van der Waals surface area contributed by atoms with Gasteiger partial charge in [0.15, 0.2) is 0 Å². The topological polar surface area (TPSA) is 67.6 Å². The van der Waals surface area contributed by atoms with Gasteiger partial charge in [0.05, 0.1) is 23.4 Å². The van der Waals surface area contributed by atoms with Crippen LogP contribution in [0.1, 0.15) is 35.2 Å². The van der Waals surface area contributed by atoms with Gasteiger partial charge >= 0.3 is 0 Å². The van der Waals surface area contributed by atoms with E-state index in [-0.39, 0.29) is 5.91 Å². The first-order chi connectivity index (χ1) is 12.6. The summed E-state index contributed by atoms with van der Waals surface area (Å²) in [5.41, 5.74) is 8.45. The standard InChI is InChI=1S/C20H24ClN3O2/c1-26-19-12-18(22)17(21)11-16(19)20(25)23-15-7-5-6-14(10-15)13-24-8-3-2-4-9-24/h5-7,10-12H,2-4,8-9,13,22H2,1H3,(H,23,25). The molecule has 1 fully saturated rings. The molecule has 2 aromatic carbocycles. The predicted octanol–water partition coefficient (Wildman–Crippen LogP) is 4.17. The molecule has 0 aromatic heterocycles. The molecule has 0 radical (unpaired) electrons. The van der Waals surface area contributed by atoms with Crippen molar-refractivity contribution < 1.29 is 9.53 Å². The van der Waals surface area contributed by atoms with Crippen molar-refractivity contribution in [1.29, 1.82) is 0 Å².